The van der Waals surface area contributed by atoms with E-state index < -0.39 is 0 Å². The number of ether oxygens (including phenoxy) is 1. The maximum absolute atomic E-state index is 13.4. The molecule has 3 aliphatic rings. The fourth-order valence-corrected chi connectivity index (χ4v) is 6.35. The number of allylic oxidation sites excluding steroid dienone is 3. The first-order chi connectivity index (χ1) is 18.3. The van der Waals surface area contributed by atoms with E-state index >= 15 is 0 Å². The van der Waals surface area contributed by atoms with Crippen LogP contribution in [0.1, 0.15) is 50.8 Å². The van der Waals surface area contributed by atoms with Gasteiger partial charge in [-0.3, -0.25) is 19.5 Å². The number of hydrogen-bond donors (Lipinski definition) is 2. The normalized spacial score (nSPS) is 24.5. The van der Waals surface area contributed by atoms with Gasteiger partial charge in [0.1, 0.15) is 0 Å². The topological polar surface area (TPSA) is 90.0 Å². The third-order valence-electron chi connectivity index (χ3n) is 7.80. The van der Waals surface area contributed by atoms with E-state index in [2.05, 4.69) is 33.8 Å². The Hall–Kier alpha value is -2.62. The Morgan fingerprint density at radius 3 is 2.68 bits per heavy atom. The molecule has 1 saturated carbocycles. The van der Waals surface area contributed by atoms with Gasteiger partial charge in [0.15, 0.2) is 0 Å². The fraction of sp³-hybridized carbons (Fsp3) is 0.552. The van der Waals surface area contributed by atoms with Crippen LogP contribution in [0.2, 0.25) is 0 Å². The van der Waals surface area contributed by atoms with Gasteiger partial charge in [-0.1, -0.05) is 12.7 Å². The summed E-state index contributed by atoms with van der Waals surface area (Å²) in [6, 6.07) is 2.58. The van der Waals surface area contributed by atoms with E-state index in [9.17, 15) is 9.59 Å². The molecule has 3 heterocycles. The van der Waals surface area contributed by atoms with Crippen molar-refractivity contribution in [2.75, 3.05) is 32.5 Å². The molecule has 8 nitrogen and oxygen atoms in total. The average molecular weight is 540 g/mol. The van der Waals surface area contributed by atoms with Crippen LogP contribution in [-0.2, 0) is 16.1 Å². The van der Waals surface area contributed by atoms with Crippen molar-refractivity contribution >= 4 is 23.9 Å². The number of rotatable bonds is 9. The van der Waals surface area contributed by atoms with Gasteiger partial charge in [0.05, 0.1) is 11.7 Å². The average Bonchev–Trinajstić information content (AvgIpc) is 2.86. The van der Waals surface area contributed by atoms with Gasteiger partial charge in [0.25, 0.3) is 11.5 Å². The van der Waals surface area contributed by atoms with Gasteiger partial charge in [-0.15, -0.1) is 11.8 Å². The number of aromatic nitrogens is 1. The van der Waals surface area contributed by atoms with Crippen LogP contribution < -0.4 is 10.9 Å². The molecule has 2 N–H and O–H groups in total. The first-order valence-corrected chi connectivity index (χ1v) is 14.8. The summed E-state index contributed by atoms with van der Waals surface area (Å²) >= 11 is 1.50. The first-order valence-electron chi connectivity index (χ1n) is 13.6. The van der Waals surface area contributed by atoms with E-state index in [4.69, 9.17) is 4.74 Å². The molecule has 1 aromatic rings. The standard InChI is InChI=1S/C29H41N5O3S/c1-6-37-24-17-33(18-24)23-11-9-22(10-12-23)16-34-21(4)27(19(2)8-7-13-31-34)29(36)30-15-25-26(38-5)14-20(3)32-28(25)35/h7-8,13-14,22-24H,2,6,9-12,15-18H2,1,3-5H3,(H,30,36)(H,32,35)/b8-7-,27-21?,31-13-. The van der Waals surface area contributed by atoms with Gasteiger partial charge in [-0.2, -0.15) is 5.10 Å². The quantitative estimate of drug-likeness (QED) is 0.462. The van der Waals surface area contributed by atoms with E-state index in [0.717, 1.165) is 55.4 Å². The van der Waals surface area contributed by atoms with Crippen LogP contribution >= 0.6 is 11.8 Å². The number of likely N-dealkylation sites (tertiary alicyclic amines) is 1. The third kappa shape index (κ3) is 6.68. The second kappa shape index (κ2) is 13.0. The van der Waals surface area contributed by atoms with Gasteiger partial charge in [0, 0.05) is 66.9 Å². The molecule has 206 valence electrons. The van der Waals surface area contributed by atoms with Crippen molar-refractivity contribution in [3.05, 3.63) is 63.3 Å². The number of thioether (sulfide) groups is 1. The molecule has 2 aliphatic heterocycles. The highest BCUT2D eigenvalue weighted by Crippen LogP contribution is 2.32. The SMILES string of the molecule is C=C1/C=C\C=N/N(CC2CCC(N3CC(OCC)C3)CC2)C(C)=C1C(=O)NCc1c(SC)cc(C)[nH]c1=O. The summed E-state index contributed by atoms with van der Waals surface area (Å²) in [7, 11) is 0. The molecular weight excluding hydrogens is 498 g/mol. The van der Waals surface area contributed by atoms with Crippen molar-refractivity contribution in [3.63, 3.8) is 0 Å². The van der Waals surface area contributed by atoms with Crippen molar-refractivity contribution in [1.29, 1.82) is 0 Å². The lowest BCUT2D eigenvalue weighted by Crippen LogP contribution is -2.57. The lowest BCUT2D eigenvalue weighted by atomic mass is 9.84. The molecule has 1 aromatic heterocycles. The van der Waals surface area contributed by atoms with Crippen molar-refractivity contribution in [1.82, 2.24) is 20.2 Å². The minimum Gasteiger partial charge on any atom is -0.376 e. The van der Waals surface area contributed by atoms with Crippen molar-refractivity contribution in [2.45, 2.75) is 70.0 Å². The highest BCUT2D eigenvalue weighted by atomic mass is 32.2. The number of hydrogen-bond acceptors (Lipinski definition) is 7. The van der Waals surface area contributed by atoms with Crippen LogP contribution in [0.4, 0.5) is 0 Å². The van der Waals surface area contributed by atoms with Crippen LogP contribution in [0, 0.1) is 12.8 Å². The van der Waals surface area contributed by atoms with Crippen LogP contribution in [0.5, 0.6) is 0 Å². The van der Waals surface area contributed by atoms with Crippen LogP contribution in [-0.4, -0.2) is 71.7 Å². The minimum atomic E-state index is -0.253. The molecule has 1 amide bonds. The molecular formula is C29H41N5O3S. The van der Waals surface area contributed by atoms with Crippen molar-refractivity contribution < 1.29 is 9.53 Å². The fourth-order valence-electron chi connectivity index (χ4n) is 5.64. The zero-order valence-electron chi connectivity index (χ0n) is 23.1. The maximum atomic E-state index is 13.4. The molecule has 9 heteroatoms. The van der Waals surface area contributed by atoms with Crippen LogP contribution in [0.25, 0.3) is 0 Å². The molecule has 0 radical (unpaired) electrons. The largest absolute Gasteiger partial charge is 0.376 e. The Morgan fingerprint density at radius 2 is 2.00 bits per heavy atom. The third-order valence-corrected chi connectivity index (χ3v) is 8.61. The summed E-state index contributed by atoms with van der Waals surface area (Å²) in [5.41, 5.74) is 3.09. The number of carbonyl (C=O) groups excluding carboxylic acids is 1. The summed E-state index contributed by atoms with van der Waals surface area (Å²) in [6.45, 7) is 13.8. The molecule has 0 bridgehead atoms. The molecule has 1 aliphatic carbocycles. The predicted octanol–water partition coefficient (Wildman–Crippen LogP) is 3.99. The summed E-state index contributed by atoms with van der Waals surface area (Å²) in [4.78, 5) is 32.2. The summed E-state index contributed by atoms with van der Waals surface area (Å²) in [5, 5.41) is 9.58. The van der Waals surface area contributed by atoms with E-state index in [1.807, 2.05) is 37.3 Å². The number of hydrazone groups is 1. The molecule has 0 unspecified atom stereocenters. The molecule has 0 aromatic carbocycles. The molecule has 38 heavy (non-hydrogen) atoms. The lowest BCUT2D eigenvalue weighted by Gasteiger charge is -2.46. The molecule has 0 atom stereocenters. The zero-order chi connectivity index (χ0) is 27.2. The molecule has 1 saturated heterocycles. The predicted molar refractivity (Wildman–Crippen MR) is 154 cm³/mol. The monoisotopic (exact) mass is 539 g/mol. The van der Waals surface area contributed by atoms with Gasteiger partial charge in [-0.05, 0) is 76.3 Å². The number of amides is 1. The maximum Gasteiger partial charge on any atom is 0.254 e. The molecule has 2 fully saturated rings. The Balaban J connectivity index is 1.41. The highest BCUT2D eigenvalue weighted by Gasteiger charge is 2.35. The number of nitrogens with zero attached hydrogens (tertiary/aromatic N) is 3. The number of H-pyrrole nitrogens is 1. The summed E-state index contributed by atoms with van der Waals surface area (Å²) < 4.78 is 5.72. The Kier molecular flexibility index (Phi) is 9.68. The number of nitrogens with one attached hydrogen (secondary N) is 2. The summed E-state index contributed by atoms with van der Waals surface area (Å²) in [5.74, 6) is 0.259. The van der Waals surface area contributed by atoms with Crippen LogP contribution in [0.15, 0.2) is 56.4 Å². The molecule has 0 spiro atoms. The number of aryl methyl sites for hydroxylation is 1. The van der Waals surface area contributed by atoms with Gasteiger partial charge in [0.2, 0.25) is 0 Å². The molecule has 4 rings (SSSR count). The minimum absolute atomic E-state index is 0.145. The Bertz CT molecular complexity index is 1170. The van der Waals surface area contributed by atoms with E-state index in [-0.39, 0.29) is 18.0 Å². The lowest BCUT2D eigenvalue weighted by molar-refractivity contribution is -0.117. The van der Waals surface area contributed by atoms with Gasteiger partial charge >= 0.3 is 0 Å². The second-order valence-corrected chi connectivity index (χ2v) is 11.3. The zero-order valence-corrected chi connectivity index (χ0v) is 23.9. The van der Waals surface area contributed by atoms with Gasteiger partial charge < -0.3 is 15.0 Å². The number of pyridine rings is 1. The van der Waals surface area contributed by atoms with Crippen LogP contribution in [0.3, 0.4) is 0 Å². The van der Waals surface area contributed by atoms with E-state index in [1.165, 1.54) is 24.6 Å². The number of aromatic amines is 1. The first kappa shape index (κ1) is 28.4. The van der Waals surface area contributed by atoms with Crippen molar-refractivity contribution in [2.24, 2.45) is 11.0 Å². The van der Waals surface area contributed by atoms with E-state index in [0.29, 0.717) is 34.8 Å². The van der Waals surface area contributed by atoms with Gasteiger partial charge in [-0.25, -0.2) is 0 Å². The highest BCUT2D eigenvalue weighted by molar-refractivity contribution is 7.98. The number of carbonyl (C=O) groups is 1. The van der Waals surface area contributed by atoms with E-state index in [1.54, 1.807) is 12.3 Å². The smallest absolute Gasteiger partial charge is 0.254 e. The second-order valence-electron chi connectivity index (χ2n) is 10.4. The summed E-state index contributed by atoms with van der Waals surface area (Å²) in [6.07, 6.45) is 12.4. The van der Waals surface area contributed by atoms with Crippen molar-refractivity contribution in [3.8, 4) is 0 Å². The Labute approximate surface area is 230 Å². The Morgan fingerprint density at radius 1 is 1.26 bits per heavy atom.